The van der Waals surface area contributed by atoms with Crippen LogP contribution in [0, 0.1) is 6.92 Å². The van der Waals surface area contributed by atoms with E-state index in [1.54, 1.807) is 6.07 Å². The Balaban J connectivity index is 1.98. The molecular formula is C14H11N3O2S2. The number of para-hydroxylation sites is 1. The van der Waals surface area contributed by atoms with Gasteiger partial charge in [-0.2, -0.15) is 0 Å². The van der Waals surface area contributed by atoms with Gasteiger partial charge in [-0.25, -0.2) is 5.01 Å². The summed E-state index contributed by atoms with van der Waals surface area (Å²) in [6.45, 7) is 1.82. The lowest BCUT2D eigenvalue weighted by Crippen LogP contribution is -2.45. The number of carbonyl (C=O) groups is 2. The van der Waals surface area contributed by atoms with Crippen molar-refractivity contribution in [3.63, 3.8) is 0 Å². The Morgan fingerprint density at radius 1 is 1.43 bits per heavy atom. The summed E-state index contributed by atoms with van der Waals surface area (Å²) in [6.07, 6.45) is 0. The normalized spacial score (nSPS) is 14.8. The van der Waals surface area contributed by atoms with Crippen LogP contribution >= 0.6 is 24.0 Å². The van der Waals surface area contributed by atoms with E-state index in [1.807, 2.05) is 31.2 Å². The summed E-state index contributed by atoms with van der Waals surface area (Å²) >= 11 is 6.29. The fourth-order valence-corrected chi connectivity index (χ4v) is 3.10. The van der Waals surface area contributed by atoms with Crippen LogP contribution in [-0.4, -0.2) is 31.9 Å². The van der Waals surface area contributed by atoms with Crippen LogP contribution in [-0.2, 0) is 4.79 Å². The van der Waals surface area contributed by atoms with Gasteiger partial charge in [-0.1, -0.05) is 42.2 Å². The summed E-state index contributed by atoms with van der Waals surface area (Å²) in [5, 5.41) is 1.87. The van der Waals surface area contributed by atoms with E-state index in [1.165, 1.54) is 11.8 Å². The molecule has 1 aromatic heterocycles. The zero-order valence-electron chi connectivity index (χ0n) is 11.1. The zero-order chi connectivity index (χ0) is 15.0. The van der Waals surface area contributed by atoms with Gasteiger partial charge in [-0.3, -0.25) is 20.0 Å². The predicted molar refractivity (Wildman–Crippen MR) is 85.8 cm³/mol. The molecule has 1 N–H and O–H groups in total. The van der Waals surface area contributed by atoms with Crippen molar-refractivity contribution in [3.05, 3.63) is 41.6 Å². The number of hydrogen-bond donors (Lipinski definition) is 1. The number of pyridine rings is 1. The van der Waals surface area contributed by atoms with Crippen molar-refractivity contribution in [2.45, 2.75) is 6.92 Å². The lowest BCUT2D eigenvalue weighted by molar-refractivity contribution is -0.125. The van der Waals surface area contributed by atoms with Gasteiger partial charge in [-0.15, -0.1) is 0 Å². The van der Waals surface area contributed by atoms with Crippen molar-refractivity contribution in [1.29, 1.82) is 0 Å². The maximum absolute atomic E-state index is 12.5. The number of fused-ring (bicyclic) bond motifs is 1. The summed E-state index contributed by atoms with van der Waals surface area (Å²) in [4.78, 5) is 28.5. The van der Waals surface area contributed by atoms with Gasteiger partial charge in [0.1, 0.15) is 0 Å². The zero-order valence-corrected chi connectivity index (χ0v) is 12.8. The standard InChI is InChI=1S/C14H11N3O2S2/c1-8-6-10(9-4-2-3-5-11(9)15-8)13(19)16-17-12(18)7-21-14(17)20/h2-6H,7H2,1H3,(H,16,19). The third-order valence-corrected chi connectivity index (χ3v) is 4.41. The van der Waals surface area contributed by atoms with Crippen LogP contribution in [0.4, 0.5) is 0 Å². The summed E-state index contributed by atoms with van der Waals surface area (Å²) in [5.74, 6) is -0.321. The highest BCUT2D eigenvalue weighted by Crippen LogP contribution is 2.20. The molecule has 3 rings (SSSR count). The van der Waals surface area contributed by atoms with Crippen LogP contribution in [0.3, 0.4) is 0 Å². The Kier molecular flexibility index (Phi) is 3.60. The molecule has 0 aliphatic carbocycles. The van der Waals surface area contributed by atoms with E-state index in [2.05, 4.69) is 10.4 Å². The fraction of sp³-hybridized carbons (Fsp3) is 0.143. The molecule has 1 aliphatic rings. The molecule has 0 bridgehead atoms. The number of nitrogens with zero attached hydrogens (tertiary/aromatic N) is 2. The van der Waals surface area contributed by atoms with Gasteiger partial charge >= 0.3 is 0 Å². The lowest BCUT2D eigenvalue weighted by Gasteiger charge is -2.16. The van der Waals surface area contributed by atoms with Crippen LogP contribution in [0.1, 0.15) is 16.1 Å². The van der Waals surface area contributed by atoms with Gasteiger partial charge in [-0.05, 0) is 19.1 Å². The van der Waals surface area contributed by atoms with E-state index in [4.69, 9.17) is 12.2 Å². The molecule has 0 atom stereocenters. The summed E-state index contributed by atoms with van der Waals surface area (Å²) < 4.78 is 0.364. The first kappa shape index (κ1) is 14.0. The molecule has 1 aliphatic heterocycles. The van der Waals surface area contributed by atoms with Crippen molar-refractivity contribution in [2.75, 3.05) is 5.75 Å². The highest BCUT2D eigenvalue weighted by atomic mass is 32.2. The number of benzene rings is 1. The van der Waals surface area contributed by atoms with Gasteiger partial charge in [0.2, 0.25) is 0 Å². The summed E-state index contributed by atoms with van der Waals surface area (Å²) in [6, 6.07) is 9.09. The molecular weight excluding hydrogens is 306 g/mol. The van der Waals surface area contributed by atoms with Crippen LogP contribution in [0.15, 0.2) is 30.3 Å². The number of rotatable bonds is 2. The van der Waals surface area contributed by atoms with E-state index < -0.39 is 0 Å². The minimum Gasteiger partial charge on any atom is -0.272 e. The van der Waals surface area contributed by atoms with Crippen molar-refractivity contribution in [1.82, 2.24) is 15.4 Å². The van der Waals surface area contributed by atoms with Crippen LogP contribution in [0.5, 0.6) is 0 Å². The smallest absolute Gasteiger partial charge is 0.270 e. The molecule has 106 valence electrons. The van der Waals surface area contributed by atoms with Gasteiger partial charge in [0.05, 0.1) is 16.8 Å². The predicted octanol–water partition coefficient (Wildman–Crippen LogP) is 2.05. The Hall–Kier alpha value is -1.99. The maximum atomic E-state index is 12.5. The Morgan fingerprint density at radius 2 is 2.19 bits per heavy atom. The average molecular weight is 317 g/mol. The number of aryl methyl sites for hydroxylation is 1. The van der Waals surface area contributed by atoms with Crippen molar-refractivity contribution in [2.24, 2.45) is 0 Å². The molecule has 2 aromatic rings. The lowest BCUT2D eigenvalue weighted by atomic mass is 10.1. The molecule has 5 nitrogen and oxygen atoms in total. The maximum Gasteiger partial charge on any atom is 0.270 e. The molecule has 0 saturated carbocycles. The third kappa shape index (κ3) is 2.62. The van der Waals surface area contributed by atoms with Crippen molar-refractivity contribution < 1.29 is 9.59 Å². The van der Waals surface area contributed by atoms with E-state index in [-0.39, 0.29) is 17.6 Å². The molecule has 2 amide bonds. The quantitative estimate of drug-likeness (QED) is 0.859. The highest BCUT2D eigenvalue weighted by molar-refractivity contribution is 8.23. The largest absolute Gasteiger partial charge is 0.272 e. The number of nitrogens with one attached hydrogen (secondary N) is 1. The first-order valence-electron chi connectivity index (χ1n) is 6.23. The van der Waals surface area contributed by atoms with Gasteiger partial charge < -0.3 is 0 Å². The molecule has 1 aromatic carbocycles. The SMILES string of the molecule is Cc1cc(C(=O)NN2C(=O)CSC2=S)c2ccccc2n1. The number of hydrogen-bond acceptors (Lipinski definition) is 5. The highest BCUT2D eigenvalue weighted by Gasteiger charge is 2.29. The third-order valence-electron chi connectivity index (χ3n) is 3.05. The summed E-state index contributed by atoms with van der Waals surface area (Å²) in [5.41, 5.74) is 4.53. The number of amides is 2. The van der Waals surface area contributed by atoms with Gasteiger partial charge in [0, 0.05) is 11.1 Å². The second-order valence-electron chi connectivity index (χ2n) is 4.55. The van der Waals surface area contributed by atoms with Crippen molar-refractivity contribution in [3.8, 4) is 0 Å². The Bertz CT molecular complexity index is 760. The van der Waals surface area contributed by atoms with E-state index in [0.717, 1.165) is 21.6 Å². The second kappa shape index (κ2) is 5.42. The molecule has 1 fully saturated rings. The van der Waals surface area contributed by atoms with Crippen LogP contribution in [0.25, 0.3) is 10.9 Å². The topological polar surface area (TPSA) is 62.3 Å². The van der Waals surface area contributed by atoms with Gasteiger partial charge in [0.15, 0.2) is 4.32 Å². The summed E-state index contributed by atoms with van der Waals surface area (Å²) in [7, 11) is 0. The molecule has 0 unspecified atom stereocenters. The minimum absolute atomic E-state index is 0.214. The first-order chi connectivity index (χ1) is 10.1. The number of carbonyl (C=O) groups excluding carboxylic acids is 2. The molecule has 1 saturated heterocycles. The molecule has 7 heteroatoms. The molecule has 0 radical (unpaired) electrons. The van der Waals surface area contributed by atoms with Gasteiger partial charge in [0.25, 0.3) is 11.8 Å². The molecule has 21 heavy (non-hydrogen) atoms. The monoisotopic (exact) mass is 317 g/mol. The van der Waals surface area contributed by atoms with E-state index in [0.29, 0.717) is 9.88 Å². The number of thiocarbonyl (C=S) groups is 1. The van der Waals surface area contributed by atoms with Crippen LogP contribution < -0.4 is 5.43 Å². The number of aromatic nitrogens is 1. The first-order valence-corrected chi connectivity index (χ1v) is 7.63. The Labute approximate surface area is 130 Å². The second-order valence-corrected chi connectivity index (χ2v) is 6.16. The number of thioether (sulfide) groups is 1. The average Bonchev–Trinajstić information content (AvgIpc) is 2.78. The van der Waals surface area contributed by atoms with E-state index in [9.17, 15) is 9.59 Å². The fourth-order valence-electron chi connectivity index (χ4n) is 2.12. The van der Waals surface area contributed by atoms with E-state index >= 15 is 0 Å². The van der Waals surface area contributed by atoms with Crippen molar-refractivity contribution >= 4 is 51.0 Å². The van der Waals surface area contributed by atoms with Crippen LogP contribution in [0.2, 0.25) is 0 Å². The Morgan fingerprint density at radius 3 is 2.90 bits per heavy atom. The molecule has 2 heterocycles. The molecule has 0 spiro atoms. The minimum atomic E-state index is -0.366. The number of hydrazine groups is 1.